The Bertz CT molecular complexity index is 683. The van der Waals surface area contributed by atoms with Gasteiger partial charge in [0.05, 0.1) is 0 Å². The quantitative estimate of drug-likeness (QED) is 0.0423. The highest BCUT2D eigenvalue weighted by molar-refractivity contribution is 14.1. The lowest BCUT2D eigenvalue weighted by atomic mass is 10.0. The Morgan fingerprint density at radius 2 is 1.55 bits per heavy atom. The van der Waals surface area contributed by atoms with E-state index in [-0.39, 0.29) is 6.10 Å². The maximum absolute atomic E-state index is 6.77. The monoisotopic (exact) mass is 556 g/mol. The first-order chi connectivity index (χ1) is 14.4. The maximum Gasteiger partial charge on any atom is 0.231 e. The fraction of sp³-hybridized carbons (Fsp3) is 0.667. The van der Waals surface area contributed by atoms with Gasteiger partial charge in [-0.15, -0.1) is 13.3 Å². The van der Waals surface area contributed by atoms with Gasteiger partial charge in [-0.05, 0) is 55.8 Å². The molecule has 0 fully saturated rings. The van der Waals surface area contributed by atoms with Gasteiger partial charge in [0, 0.05) is 0 Å². The van der Waals surface area contributed by atoms with Crippen LogP contribution < -0.4 is 0 Å². The largest absolute Gasteiger partial charge is 0.399 e. The summed E-state index contributed by atoms with van der Waals surface area (Å²) >= 11 is 2.28. The van der Waals surface area contributed by atoms with Crippen molar-refractivity contribution in [1.82, 2.24) is 0 Å². The molecule has 176 valence electrons. The lowest BCUT2D eigenvalue weighted by Crippen LogP contribution is -2.49. The number of rotatable bonds is 13. The Morgan fingerprint density at radius 1 is 1.00 bits per heavy atom. The zero-order valence-corrected chi connectivity index (χ0v) is 24.7. The number of hydrogen-bond acceptors (Lipinski definition) is 1. The minimum absolute atomic E-state index is 0.230. The summed E-state index contributed by atoms with van der Waals surface area (Å²) in [5.74, 6) is 2.90. The second kappa shape index (κ2) is 15.2. The van der Waals surface area contributed by atoms with Crippen LogP contribution in [0.4, 0.5) is 0 Å². The van der Waals surface area contributed by atoms with Gasteiger partial charge in [-0.2, -0.15) is 5.57 Å². The highest BCUT2D eigenvalue weighted by Gasteiger charge is 2.46. The molecule has 0 aromatic carbocycles. The summed E-state index contributed by atoms with van der Waals surface area (Å²) in [6, 6.07) is 0. The first-order valence-corrected chi connectivity index (χ1v) is 14.7. The number of hydrogen-bond donors (Lipinski definition) is 0. The van der Waals surface area contributed by atoms with Crippen molar-refractivity contribution < 1.29 is 8.85 Å². The van der Waals surface area contributed by atoms with E-state index >= 15 is 0 Å². The molecular weight excluding hydrogens is 511 g/mol. The van der Waals surface area contributed by atoms with E-state index < -0.39 is 8.32 Å². The van der Waals surface area contributed by atoms with Crippen LogP contribution in [-0.4, -0.2) is 27.8 Å². The number of terminal acetylenes is 1. The molecule has 0 bridgehead atoms. The summed E-state index contributed by atoms with van der Waals surface area (Å²) < 4.78 is 12.8. The van der Waals surface area contributed by atoms with Crippen LogP contribution in [0.15, 0.2) is 32.5 Å². The molecule has 2 nitrogen and oxygen atoms in total. The zero-order valence-electron chi connectivity index (χ0n) is 21.6. The van der Waals surface area contributed by atoms with Gasteiger partial charge < -0.3 is 8.85 Å². The molecule has 0 saturated carbocycles. The number of carbonyl (C=O) groups excluding carboxylic acids is 1. The third-order valence-corrected chi connectivity index (χ3v) is 13.3. The predicted molar refractivity (Wildman–Crippen MR) is 149 cm³/mol. The van der Waals surface area contributed by atoms with E-state index in [4.69, 9.17) is 15.3 Å². The van der Waals surface area contributed by atoms with Gasteiger partial charge in [-0.25, -0.2) is 0 Å². The Hall–Kier alpha value is -0.643. The second-order valence-corrected chi connectivity index (χ2v) is 16.0. The van der Waals surface area contributed by atoms with Crippen molar-refractivity contribution in [3.63, 3.8) is 0 Å². The van der Waals surface area contributed by atoms with Crippen molar-refractivity contribution in [2.24, 2.45) is 0 Å². The molecule has 1 unspecified atom stereocenters. The lowest BCUT2D eigenvalue weighted by molar-refractivity contribution is 0.186. The highest BCUT2D eigenvalue weighted by atomic mass is 127. The number of allylic oxidation sites excluding steroid dienone is 5. The zero-order chi connectivity index (χ0) is 24.2. The average Bonchev–Trinajstić information content (AvgIpc) is 2.68. The Balaban J connectivity index is 5.04. The molecule has 0 aromatic rings. The van der Waals surface area contributed by atoms with E-state index in [1.165, 1.54) is 16.7 Å². The van der Waals surface area contributed by atoms with Crippen molar-refractivity contribution in [3.05, 3.63) is 32.5 Å². The van der Waals surface area contributed by atoms with Gasteiger partial charge >= 0.3 is 0 Å². The molecule has 0 rings (SSSR count). The first-order valence-electron chi connectivity index (χ1n) is 11.5. The van der Waals surface area contributed by atoms with Gasteiger partial charge in [-0.3, -0.25) is 0 Å². The highest BCUT2D eigenvalue weighted by Crippen LogP contribution is 2.43. The molecule has 31 heavy (non-hydrogen) atoms. The van der Waals surface area contributed by atoms with E-state index in [0.29, 0.717) is 16.6 Å². The fourth-order valence-corrected chi connectivity index (χ4v) is 10.3. The predicted octanol–water partition coefficient (Wildman–Crippen LogP) is 8.62. The van der Waals surface area contributed by atoms with Crippen molar-refractivity contribution in [2.45, 2.75) is 111 Å². The molecule has 0 spiro atoms. The van der Waals surface area contributed by atoms with Crippen LogP contribution in [0.3, 0.4) is 0 Å². The summed E-state index contributed by atoms with van der Waals surface area (Å²) in [6.45, 7) is 20.3. The van der Waals surface area contributed by atoms with E-state index in [2.05, 4.69) is 109 Å². The molecule has 1 atom stereocenters. The Morgan fingerprint density at radius 3 is 2.00 bits per heavy atom. The van der Waals surface area contributed by atoms with Crippen LogP contribution in [0.2, 0.25) is 16.6 Å². The molecule has 0 aliphatic rings. The number of halogens is 1. The molecule has 0 N–H and O–H groups in total. The van der Waals surface area contributed by atoms with E-state index in [9.17, 15) is 0 Å². The molecule has 4 heteroatoms. The van der Waals surface area contributed by atoms with Crippen LogP contribution >= 0.6 is 22.6 Å². The van der Waals surface area contributed by atoms with Crippen LogP contribution in [0, 0.1) is 12.3 Å². The third kappa shape index (κ3) is 10.2. The molecule has 0 saturated heterocycles. The van der Waals surface area contributed by atoms with Gasteiger partial charge in [-0.1, -0.05) is 97.3 Å². The van der Waals surface area contributed by atoms with Crippen LogP contribution in [0.25, 0.3) is 0 Å². The van der Waals surface area contributed by atoms with Crippen molar-refractivity contribution in [2.75, 3.05) is 7.11 Å². The Labute approximate surface area is 208 Å². The SMILES string of the molecule is C#CC(/C=C(\C)CC/C=C(\C)CC/C(C)=C(/I)[C-]=[O+]C)O[Si](C(C)C)(C(C)C)C(C)C. The first kappa shape index (κ1) is 30.4. The summed E-state index contributed by atoms with van der Waals surface area (Å²) in [4.78, 5) is 0. The standard InChI is InChI=1S/C27H45IO2Si/c1-12-26(30-31(20(2)3,21(4)5)22(6)7)18-24(9)15-13-14-23(8)16-17-25(10)27(28)19-29-11/h1,14,18,20-22,26H,13,15-17H2,2-11H3/b23-14+,24-18+,27-25+. The summed E-state index contributed by atoms with van der Waals surface area (Å²) in [6.07, 6.45) is 17.2. The van der Waals surface area contributed by atoms with E-state index in [0.717, 1.165) is 29.3 Å². The van der Waals surface area contributed by atoms with E-state index in [1.54, 1.807) is 7.11 Å². The molecule has 0 aliphatic carbocycles. The summed E-state index contributed by atoms with van der Waals surface area (Å²) in [5.41, 5.74) is 5.63. The van der Waals surface area contributed by atoms with E-state index in [1.807, 2.05) is 0 Å². The summed E-state index contributed by atoms with van der Waals surface area (Å²) in [7, 11) is -0.344. The smallest absolute Gasteiger partial charge is 0.231 e. The minimum Gasteiger partial charge on any atom is -0.399 e. The molecule has 0 radical (unpaired) electrons. The molecule has 0 aliphatic heterocycles. The Kier molecular flexibility index (Phi) is 14.9. The van der Waals surface area contributed by atoms with Gasteiger partial charge in [0.2, 0.25) is 21.7 Å². The average molecular weight is 557 g/mol. The maximum atomic E-state index is 6.77. The normalized spacial score (nSPS) is 15.8. The minimum atomic E-state index is -1.98. The third-order valence-electron chi connectivity index (χ3n) is 6.13. The van der Waals surface area contributed by atoms with Gasteiger partial charge in [0.1, 0.15) is 6.10 Å². The lowest BCUT2D eigenvalue weighted by Gasteiger charge is -2.43. The fourth-order valence-electron chi connectivity index (χ4n) is 4.41. The van der Waals surface area contributed by atoms with Crippen LogP contribution in [-0.2, 0) is 8.85 Å². The van der Waals surface area contributed by atoms with Crippen molar-refractivity contribution in [3.8, 4) is 12.3 Å². The van der Waals surface area contributed by atoms with Crippen LogP contribution in [0.1, 0.15) is 88.0 Å². The molecule has 0 aromatic heterocycles. The van der Waals surface area contributed by atoms with Gasteiger partial charge in [0.25, 0.3) is 0 Å². The molecular formula is C27H45IO2Si. The molecule has 0 amide bonds. The van der Waals surface area contributed by atoms with Crippen molar-refractivity contribution in [1.29, 1.82) is 0 Å². The van der Waals surface area contributed by atoms with Gasteiger partial charge in [0.15, 0.2) is 0 Å². The summed E-state index contributed by atoms with van der Waals surface area (Å²) in [5, 5.41) is 0. The second-order valence-electron chi connectivity index (χ2n) is 9.53. The molecule has 0 heterocycles. The van der Waals surface area contributed by atoms with Crippen LogP contribution in [0.5, 0.6) is 0 Å². The topological polar surface area (TPSA) is 20.5 Å². The van der Waals surface area contributed by atoms with Crippen molar-refractivity contribution >= 4 is 37.2 Å².